The number of carbonyl (C=O) groups excluding carboxylic acids is 1. The molecule has 1 atom stereocenters. The average molecular weight is 345 g/mol. The first-order valence-corrected chi connectivity index (χ1v) is 7.39. The molecule has 0 spiro atoms. The van der Waals surface area contributed by atoms with Crippen LogP contribution < -0.4 is 11.1 Å². The van der Waals surface area contributed by atoms with Gasteiger partial charge in [0, 0.05) is 18.2 Å². The fourth-order valence-corrected chi connectivity index (χ4v) is 2.54. The molecule has 0 aromatic heterocycles. The minimum atomic E-state index is -0.398. The van der Waals surface area contributed by atoms with E-state index in [9.17, 15) is 9.18 Å². The average Bonchev–Trinajstić information content (AvgIpc) is 2.22. The summed E-state index contributed by atoms with van der Waals surface area (Å²) in [5.74, 6) is -0.587. The molecule has 0 heterocycles. The predicted molar refractivity (Wildman–Crippen MR) is 84.1 cm³/mol. The van der Waals surface area contributed by atoms with Gasteiger partial charge in [-0.2, -0.15) is 0 Å². The van der Waals surface area contributed by atoms with Gasteiger partial charge in [0.1, 0.15) is 5.82 Å². The first kappa shape index (κ1) is 17.1. The fraction of sp³-hybridized carbons (Fsp3) is 0.533. The van der Waals surface area contributed by atoms with Gasteiger partial charge in [0.15, 0.2) is 0 Å². The molecule has 0 aliphatic heterocycles. The van der Waals surface area contributed by atoms with Crippen molar-refractivity contribution in [2.75, 3.05) is 5.32 Å². The van der Waals surface area contributed by atoms with Crippen molar-refractivity contribution in [2.45, 2.75) is 46.6 Å². The van der Waals surface area contributed by atoms with Crippen molar-refractivity contribution in [1.82, 2.24) is 0 Å². The summed E-state index contributed by atoms with van der Waals surface area (Å²) < 4.78 is 13.9. The van der Waals surface area contributed by atoms with Crippen molar-refractivity contribution in [3.63, 3.8) is 0 Å². The Hall–Kier alpha value is -0.940. The zero-order chi connectivity index (χ0) is 15.5. The number of amides is 1. The Balaban J connectivity index is 2.65. The Bertz CT molecular complexity index is 497. The maximum Gasteiger partial charge on any atom is 0.225 e. The van der Waals surface area contributed by atoms with E-state index in [0.717, 1.165) is 12.0 Å². The van der Waals surface area contributed by atoms with Crippen LogP contribution in [0.25, 0.3) is 0 Å². The number of nitrogens with one attached hydrogen (secondary N) is 1. The third kappa shape index (κ3) is 5.59. The number of aryl methyl sites for hydroxylation is 1. The molecule has 3 N–H and O–H groups in total. The van der Waals surface area contributed by atoms with Gasteiger partial charge in [0.05, 0.1) is 4.47 Å². The van der Waals surface area contributed by atoms with Gasteiger partial charge in [-0.15, -0.1) is 0 Å². The molecule has 112 valence electrons. The van der Waals surface area contributed by atoms with E-state index in [0.29, 0.717) is 10.2 Å². The number of rotatable bonds is 4. The second kappa shape index (κ2) is 6.68. The molecule has 1 aromatic carbocycles. The summed E-state index contributed by atoms with van der Waals surface area (Å²) >= 11 is 3.11. The molecule has 3 nitrogen and oxygen atoms in total. The molecule has 0 fully saturated rings. The number of anilines is 1. The van der Waals surface area contributed by atoms with Crippen LogP contribution in [-0.2, 0) is 4.79 Å². The quantitative estimate of drug-likeness (QED) is 0.867. The van der Waals surface area contributed by atoms with Crippen molar-refractivity contribution in [3.05, 3.63) is 28.0 Å². The maximum absolute atomic E-state index is 13.5. The minimum Gasteiger partial charge on any atom is -0.327 e. The van der Waals surface area contributed by atoms with Gasteiger partial charge in [-0.25, -0.2) is 4.39 Å². The van der Waals surface area contributed by atoms with Crippen molar-refractivity contribution in [3.8, 4) is 0 Å². The third-order valence-electron chi connectivity index (χ3n) is 2.86. The first-order valence-electron chi connectivity index (χ1n) is 6.59. The van der Waals surface area contributed by atoms with Gasteiger partial charge in [-0.05, 0) is 52.4 Å². The maximum atomic E-state index is 13.5. The summed E-state index contributed by atoms with van der Waals surface area (Å²) in [6.45, 7) is 8.06. The van der Waals surface area contributed by atoms with E-state index >= 15 is 0 Å². The summed E-state index contributed by atoms with van der Waals surface area (Å²) in [5.41, 5.74) is 7.33. The Morgan fingerprint density at radius 2 is 2.05 bits per heavy atom. The van der Waals surface area contributed by atoms with E-state index in [2.05, 4.69) is 42.0 Å². The van der Waals surface area contributed by atoms with Crippen molar-refractivity contribution in [1.29, 1.82) is 0 Å². The van der Waals surface area contributed by atoms with Crippen LogP contribution in [0.2, 0.25) is 0 Å². The lowest BCUT2D eigenvalue weighted by Gasteiger charge is -2.22. The summed E-state index contributed by atoms with van der Waals surface area (Å²) in [7, 11) is 0. The lowest BCUT2D eigenvalue weighted by Crippen LogP contribution is -2.31. The van der Waals surface area contributed by atoms with Gasteiger partial charge in [0.25, 0.3) is 0 Å². The van der Waals surface area contributed by atoms with Gasteiger partial charge in [-0.3, -0.25) is 4.79 Å². The number of hydrogen-bond donors (Lipinski definition) is 2. The fourth-order valence-electron chi connectivity index (χ4n) is 2.08. The summed E-state index contributed by atoms with van der Waals surface area (Å²) in [5, 5.41) is 2.72. The van der Waals surface area contributed by atoms with Crippen molar-refractivity contribution >= 4 is 27.5 Å². The monoisotopic (exact) mass is 344 g/mol. The third-order valence-corrected chi connectivity index (χ3v) is 3.47. The van der Waals surface area contributed by atoms with Crippen LogP contribution in [-0.4, -0.2) is 11.9 Å². The molecule has 0 aliphatic rings. The number of carbonyl (C=O) groups is 1. The molecule has 1 unspecified atom stereocenters. The smallest absolute Gasteiger partial charge is 0.225 e. The second-order valence-corrected chi connectivity index (χ2v) is 7.21. The van der Waals surface area contributed by atoms with Crippen molar-refractivity contribution in [2.24, 2.45) is 11.1 Å². The van der Waals surface area contributed by atoms with Crippen LogP contribution >= 0.6 is 15.9 Å². The molecule has 0 saturated heterocycles. The summed E-state index contributed by atoms with van der Waals surface area (Å²) in [6.07, 6.45) is 0.989. The van der Waals surface area contributed by atoms with E-state index in [4.69, 9.17) is 5.73 Å². The molecule has 0 bridgehead atoms. The van der Waals surface area contributed by atoms with Crippen LogP contribution in [0.4, 0.5) is 10.1 Å². The lowest BCUT2D eigenvalue weighted by molar-refractivity contribution is -0.116. The Labute approximate surface area is 128 Å². The molecule has 0 aliphatic carbocycles. The second-order valence-electron chi connectivity index (χ2n) is 6.36. The minimum absolute atomic E-state index is 0.0827. The van der Waals surface area contributed by atoms with E-state index in [1.165, 1.54) is 6.07 Å². The highest BCUT2D eigenvalue weighted by Gasteiger charge is 2.18. The summed E-state index contributed by atoms with van der Waals surface area (Å²) in [4.78, 5) is 11.9. The number of nitrogens with two attached hydrogens (primary N) is 1. The van der Waals surface area contributed by atoms with Crippen molar-refractivity contribution < 1.29 is 9.18 Å². The summed E-state index contributed by atoms with van der Waals surface area (Å²) in [6, 6.07) is 2.75. The molecule has 1 rings (SSSR count). The van der Waals surface area contributed by atoms with Crippen LogP contribution in [0.3, 0.4) is 0 Å². The van der Waals surface area contributed by atoms with Crippen LogP contribution in [0.5, 0.6) is 0 Å². The molecule has 20 heavy (non-hydrogen) atoms. The molecular weight excluding hydrogens is 323 g/mol. The number of hydrogen-bond acceptors (Lipinski definition) is 2. The Morgan fingerprint density at radius 1 is 1.45 bits per heavy atom. The SMILES string of the molecule is Cc1cc(Br)c(F)cc1NC(=O)CC(N)CC(C)(C)C. The van der Waals surface area contributed by atoms with Crippen LogP contribution in [0.1, 0.15) is 39.2 Å². The normalized spacial score (nSPS) is 13.2. The molecular formula is C15H22BrFN2O. The predicted octanol–water partition coefficient (Wildman–Crippen LogP) is 3.99. The van der Waals surface area contributed by atoms with Gasteiger partial charge in [0.2, 0.25) is 5.91 Å². The standard InChI is InChI=1S/C15H22BrFN2O/c1-9-5-11(16)12(17)7-13(9)19-14(20)6-10(18)8-15(2,3)4/h5,7,10H,6,8,18H2,1-4H3,(H,19,20). The highest BCUT2D eigenvalue weighted by Crippen LogP contribution is 2.25. The number of benzene rings is 1. The molecule has 5 heteroatoms. The molecule has 1 aromatic rings. The Morgan fingerprint density at radius 3 is 2.60 bits per heavy atom. The van der Waals surface area contributed by atoms with Gasteiger partial charge >= 0.3 is 0 Å². The van der Waals surface area contributed by atoms with Crippen LogP contribution in [0, 0.1) is 18.2 Å². The highest BCUT2D eigenvalue weighted by atomic mass is 79.9. The van der Waals surface area contributed by atoms with Gasteiger partial charge in [-0.1, -0.05) is 20.8 Å². The lowest BCUT2D eigenvalue weighted by atomic mass is 9.87. The topological polar surface area (TPSA) is 55.1 Å². The largest absolute Gasteiger partial charge is 0.327 e. The number of halogens is 2. The van der Waals surface area contributed by atoms with E-state index < -0.39 is 5.82 Å². The van der Waals surface area contributed by atoms with Gasteiger partial charge < -0.3 is 11.1 Å². The van der Waals surface area contributed by atoms with E-state index in [1.807, 2.05) is 6.92 Å². The molecule has 0 radical (unpaired) electrons. The first-order chi connectivity index (χ1) is 9.08. The molecule has 1 amide bonds. The van der Waals surface area contributed by atoms with E-state index in [1.54, 1.807) is 6.07 Å². The van der Waals surface area contributed by atoms with E-state index in [-0.39, 0.29) is 23.8 Å². The van der Waals surface area contributed by atoms with Crippen LogP contribution in [0.15, 0.2) is 16.6 Å². The zero-order valence-corrected chi connectivity index (χ0v) is 14.0. The molecule has 0 saturated carbocycles. The zero-order valence-electron chi connectivity index (χ0n) is 12.4. The Kier molecular flexibility index (Phi) is 5.71. The highest BCUT2D eigenvalue weighted by molar-refractivity contribution is 9.10.